The predicted molar refractivity (Wildman–Crippen MR) is 66.1 cm³/mol. The molecule has 1 rings (SSSR count). The zero-order valence-corrected chi connectivity index (χ0v) is 10.4. The Morgan fingerprint density at radius 2 is 2.13 bits per heavy atom. The van der Waals surface area contributed by atoms with Crippen molar-refractivity contribution in [3.8, 4) is 0 Å². The molecule has 0 atom stereocenters. The highest BCUT2D eigenvalue weighted by molar-refractivity contribution is 7.80. The Morgan fingerprint density at radius 3 is 2.73 bits per heavy atom. The molecule has 0 radical (unpaired) electrons. The van der Waals surface area contributed by atoms with Gasteiger partial charge in [0.05, 0.1) is 6.61 Å². The fourth-order valence-electron chi connectivity index (χ4n) is 1.66. The van der Waals surface area contributed by atoms with Crippen LogP contribution in [0.25, 0.3) is 0 Å². The van der Waals surface area contributed by atoms with Gasteiger partial charge in [0.1, 0.15) is 0 Å². The van der Waals surface area contributed by atoms with Crippen molar-refractivity contribution in [3.63, 3.8) is 0 Å². The first kappa shape index (κ1) is 12.7. The number of nitrogens with one attached hydrogen (secondary N) is 2. The van der Waals surface area contributed by atoms with Crippen molar-refractivity contribution in [2.24, 2.45) is 0 Å². The lowest BCUT2D eigenvalue weighted by atomic mass is 10.1. The van der Waals surface area contributed by atoms with Gasteiger partial charge in [-0.2, -0.15) is 0 Å². The Labute approximate surface area is 97.3 Å². The Balaban J connectivity index is 2.09. The van der Waals surface area contributed by atoms with Crippen LogP contribution in [0, 0.1) is 0 Å². The van der Waals surface area contributed by atoms with E-state index in [1.807, 2.05) is 0 Å². The zero-order chi connectivity index (χ0) is 11.1. The molecule has 88 valence electrons. The summed E-state index contributed by atoms with van der Waals surface area (Å²) in [7, 11) is 3.85. The van der Waals surface area contributed by atoms with E-state index < -0.39 is 0 Å². The molecule has 0 saturated carbocycles. The lowest BCUT2D eigenvalue weighted by molar-refractivity contribution is 0.203. The standard InChI is InChI=1S/C10H21N3OS/c1-13-6-3-9(4-7-13)12-10(15)11-5-8-14-2/h9H,3-8H2,1-2H3,(H2,11,12,15). The SMILES string of the molecule is COCCNC(=S)NC1CCN(C)CC1. The maximum Gasteiger partial charge on any atom is 0.166 e. The number of methoxy groups -OCH3 is 1. The summed E-state index contributed by atoms with van der Waals surface area (Å²) >= 11 is 5.19. The van der Waals surface area contributed by atoms with Gasteiger partial charge in [-0.25, -0.2) is 0 Å². The van der Waals surface area contributed by atoms with E-state index in [2.05, 4.69) is 22.6 Å². The average Bonchev–Trinajstić information content (AvgIpc) is 2.22. The van der Waals surface area contributed by atoms with Gasteiger partial charge in [0.25, 0.3) is 0 Å². The van der Waals surface area contributed by atoms with Gasteiger partial charge < -0.3 is 20.3 Å². The molecule has 15 heavy (non-hydrogen) atoms. The van der Waals surface area contributed by atoms with Crippen LogP contribution in [-0.2, 0) is 4.74 Å². The van der Waals surface area contributed by atoms with E-state index in [1.54, 1.807) is 7.11 Å². The fourth-order valence-corrected chi connectivity index (χ4v) is 1.92. The van der Waals surface area contributed by atoms with E-state index in [0.29, 0.717) is 12.6 Å². The van der Waals surface area contributed by atoms with E-state index in [1.165, 1.54) is 12.8 Å². The number of rotatable bonds is 4. The molecule has 0 aliphatic carbocycles. The summed E-state index contributed by atoms with van der Waals surface area (Å²) in [4.78, 5) is 2.35. The normalized spacial score (nSPS) is 18.8. The van der Waals surface area contributed by atoms with Gasteiger partial charge in [-0.15, -0.1) is 0 Å². The quantitative estimate of drug-likeness (QED) is 0.534. The molecule has 1 heterocycles. The molecule has 0 amide bonds. The average molecular weight is 231 g/mol. The third-order valence-electron chi connectivity index (χ3n) is 2.65. The van der Waals surface area contributed by atoms with Crippen LogP contribution in [0.1, 0.15) is 12.8 Å². The van der Waals surface area contributed by atoms with Crippen LogP contribution in [0.3, 0.4) is 0 Å². The number of hydrogen-bond donors (Lipinski definition) is 2. The van der Waals surface area contributed by atoms with Crippen LogP contribution in [0.15, 0.2) is 0 Å². The molecule has 0 aromatic carbocycles. The third kappa shape index (κ3) is 5.30. The summed E-state index contributed by atoms with van der Waals surface area (Å²) in [6.07, 6.45) is 2.34. The van der Waals surface area contributed by atoms with Crippen molar-refractivity contribution in [1.82, 2.24) is 15.5 Å². The molecule has 0 aromatic heterocycles. The van der Waals surface area contributed by atoms with Gasteiger partial charge in [-0.05, 0) is 45.2 Å². The van der Waals surface area contributed by atoms with Gasteiger partial charge in [0.15, 0.2) is 5.11 Å². The van der Waals surface area contributed by atoms with Crippen LogP contribution in [0.4, 0.5) is 0 Å². The first-order valence-corrected chi connectivity index (χ1v) is 5.85. The van der Waals surface area contributed by atoms with Crippen molar-refractivity contribution in [1.29, 1.82) is 0 Å². The largest absolute Gasteiger partial charge is 0.383 e. The minimum absolute atomic E-state index is 0.531. The van der Waals surface area contributed by atoms with Gasteiger partial charge in [0.2, 0.25) is 0 Å². The highest BCUT2D eigenvalue weighted by Gasteiger charge is 2.16. The van der Waals surface area contributed by atoms with Crippen molar-refractivity contribution >= 4 is 17.3 Å². The molecule has 0 unspecified atom stereocenters. The molecule has 1 aliphatic rings. The maximum atomic E-state index is 5.19. The highest BCUT2D eigenvalue weighted by atomic mass is 32.1. The van der Waals surface area contributed by atoms with Gasteiger partial charge in [0, 0.05) is 19.7 Å². The molecule has 2 N–H and O–H groups in total. The number of ether oxygens (including phenoxy) is 1. The number of likely N-dealkylation sites (tertiary alicyclic amines) is 1. The smallest absolute Gasteiger partial charge is 0.166 e. The summed E-state index contributed by atoms with van der Waals surface area (Å²) in [5.41, 5.74) is 0. The molecular formula is C10H21N3OS. The van der Waals surface area contributed by atoms with Crippen LogP contribution < -0.4 is 10.6 Å². The molecule has 1 saturated heterocycles. The second-order valence-corrected chi connectivity index (χ2v) is 4.38. The molecule has 1 fully saturated rings. The van der Waals surface area contributed by atoms with Crippen LogP contribution in [0.5, 0.6) is 0 Å². The Kier molecular flexibility index (Phi) is 5.90. The first-order chi connectivity index (χ1) is 7.22. The van der Waals surface area contributed by atoms with E-state index in [4.69, 9.17) is 17.0 Å². The number of hydrogen-bond acceptors (Lipinski definition) is 3. The highest BCUT2D eigenvalue weighted by Crippen LogP contribution is 2.07. The van der Waals surface area contributed by atoms with Crippen molar-refractivity contribution in [3.05, 3.63) is 0 Å². The minimum Gasteiger partial charge on any atom is -0.383 e. The van der Waals surface area contributed by atoms with E-state index in [0.717, 1.165) is 24.7 Å². The van der Waals surface area contributed by atoms with Crippen LogP contribution >= 0.6 is 12.2 Å². The van der Waals surface area contributed by atoms with Crippen LogP contribution in [0.2, 0.25) is 0 Å². The van der Waals surface area contributed by atoms with E-state index in [9.17, 15) is 0 Å². The zero-order valence-electron chi connectivity index (χ0n) is 9.58. The fraction of sp³-hybridized carbons (Fsp3) is 0.900. The monoisotopic (exact) mass is 231 g/mol. The predicted octanol–water partition coefficient (Wildman–Crippen LogP) is 0.191. The van der Waals surface area contributed by atoms with E-state index in [-0.39, 0.29) is 0 Å². The first-order valence-electron chi connectivity index (χ1n) is 5.44. The van der Waals surface area contributed by atoms with Crippen molar-refractivity contribution in [2.45, 2.75) is 18.9 Å². The lowest BCUT2D eigenvalue weighted by Gasteiger charge is -2.30. The Morgan fingerprint density at radius 1 is 1.47 bits per heavy atom. The minimum atomic E-state index is 0.531. The second kappa shape index (κ2) is 6.98. The van der Waals surface area contributed by atoms with Crippen molar-refractivity contribution < 1.29 is 4.74 Å². The summed E-state index contributed by atoms with van der Waals surface area (Å²) in [6, 6.07) is 0.531. The summed E-state index contributed by atoms with van der Waals surface area (Å²) in [6.45, 7) is 3.76. The third-order valence-corrected chi connectivity index (χ3v) is 2.91. The summed E-state index contributed by atoms with van der Waals surface area (Å²) in [5, 5.41) is 7.21. The molecular weight excluding hydrogens is 210 g/mol. The second-order valence-electron chi connectivity index (χ2n) is 3.97. The number of nitrogens with zero attached hydrogens (tertiary/aromatic N) is 1. The number of piperidine rings is 1. The van der Waals surface area contributed by atoms with Crippen molar-refractivity contribution in [2.75, 3.05) is 40.4 Å². The topological polar surface area (TPSA) is 36.5 Å². The maximum absolute atomic E-state index is 5.19. The molecule has 0 spiro atoms. The number of thiocarbonyl (C=S) groups is 1. The Bertz CT molecular complexity index is 193. The van der Waals surface area contributed by atoms with Gasteiger partial charge in [-0.1, -0.05) is 0 Å². The molecule has 1 aliphatic heterocycles. The Hall–Kier alpha value is -0.390. The lowest BCUT2D eigenvalue weighted by Crippen LogP contribution is -2.47. The molecule has 0 aromatic rings. The molecule has 0 bridgehead atoms. The van der Waals surface area contributed by atoms with Crippen LogP contribution in [-0.4, -0.2) is 56.5 Å². The summed E-state index contributed by atoms with van der Waals surface area (Å²) < 4.78 is 4.94. The summed E-state index contributed by atoms with van der Waals surface area (Å²) in [5.74, 6) is 0. The van der Waals surface area contributed by atoms with E-state index >= 15 is 0 Å². The molecule has 4 nitrogen and oxygen atoms in total. The van der Waals surface area contributed by atoms with Gasteiger partial charge in [-0.3, -0.25) is 0 Å². The van der Waals surface area contributed by atoms with Gasteiger partial charge >= 0.3 is 0 Å². The molecule has 5 heteroatoms.